The Morgan fingerprint density at radius 2 is 1.49 bits per heavy atom. The predicted molar refractivity (Wildman–Crippen MR) is 206 cm³/mol. The second-order valence-electron chi connectivity index (χ2n) is 15.2. The third kappa shape index (κ3) is 9.05. The highest BCUT2D eigenvalue weighted by Gasteiger charge is 2.36. The molecule has 2 aromatic carbocycles. The molecule has 4 amide bonds. The van der Waals surface area contributed by atoms with Crippen molar-refractivity contribution in [1.82, 2.24) is 19.7 Å². The van der Waals surface area contributed by atoms with Gasteiger partial charge >= 0.3 is 0 Å². The predicted octanol–water partition coefficient (Wildman–Crippen LogP) is 4.80. The maximum Gasteiger partial charge on any atom is 0.295 e. The first kappa shape index (κ1) is 39.1. The summed E-state index contributed by atoms with van der Waals surface area (Å²) in [5.74, 6) is -1.01. The van der Waals surface area contributed by atoms with Crippen LogP contribution >= 0.6 is 0 Å². The third-order valence-electron chi connectivity index (χ3n) is 10.3. The normalized spacial score (nSPS) is 15.5. The lowest BCUT2D eigenvalue weighted by Gasteiger charge is -2.34. The van der Waals surface area contributed by atoms with Gasteiger partial charge in [0.1, 0.15) is 11.4 Å². The molecular formula is C42H49N5O8. The van der Waals surface area contributed by atoms with Gasteiger partial charge in [0.25, 0.3) is 23.5 Å². The van der Waals surface area contributed by atoms with Crippen molar-refractivity contribution in [2.24, 2.45) is 0 Å². The van der Waals surface area contributed by atoms with E-state index in [2.05, 4.69) is 10.3 Å². The van der Waals surface area contributed by atoms with Crippen LogP contribution in [-0.2, 0) is 25.5 Å². The minimum atomic E-state index is -0.722. The number of methoxy groups -OCH3 is 1. The summed E-state index contributed by atoms with van der Waals surface area (Å²) in [4.78, 5) is 73.2. The van der Waals surface area contributed by atoms with Crippen LogP contribution in [0, 0.1) is 0 Å². The van der Waals surface area contributed by atoms with Gasteiger partial charge in [-0.25, -0.2) is 4.98 Å². The van der Waals surface area contributed by atoms with Crippen LogP contribution in [0.5, 0.6) is 11.6 Å². The van der Waals surface area contributed by atoms with E-state index >= 15 is 0 Å². The topological polar surface area (TPSA) is 148 Å². The first-order chi connectivity index (χ1) is 26.3. The molecule has 1 aliphatic carbocycles. The number of rotatable bonds is 15. The summed E-state index contributed by atoms with van der Waals surface area (Å²) >= 11 is 0. The Balaban J connectivity index is 1.01. The van der Waals surface area contributed by atoms with Crippen molar-refractivity contribution in [3.63, 3.8) is 0 Å². The number of ketones is 1. The van der Waals surface area contributed by atoms with E-state index in [1.54, 1.807) is 35.2 Å². The van der Waals surface area contributed by atoms with E-state index < -0.39 is 22.9 Å². The number of carbonyl (C=O) groups excluding carboxylic acids is 5. The van der Waals surface area contributed by atoms with Crippen LogP contribution in [0.25, 0.3) is 5.57 Å². The maximum absolute atomic E-state index is 13.8. The number of likely N-dealkylation sites (tertiary alicyclic amines) is 1. The number of imide groups is 1. The third-order valence-corrected chi connectivity index (χ3v) is 10.3. The number of aromatic nitrogens is 1. The molecule has 3 heterocycles. The molecule has 3 aliphatic rings. The fourth-order valence-electron chi connectivity index (χ4n) is 6.82. The Labute approximate surface area is 321 Å². The second-order valence-corrected chi connectivity index (χ2v) is 15.2. The number of allylic oxidation sites excluding steroid dienone is 1. The summed E-state index contributed by atoms with van der Waals surface area (Å²) in [5.41, 5.74) is 2.21. The highest BCUT2D eigenvalue weighted by Crippen LogP contribution is 2.41. The summed E-state index contributed by atoms with van der Waals surface area (Å²) in [6.07, 6.45) is 5.28. The van der Waals surface area contributed by atoms with Crippen LogP contribution in [0.4, 0.5) is 5.69 Å². The first-order valence-electron chi connectivity index (χ1n) is 18.7. The Bertz CT molecular complexity index is 1970. The second kappa shape index (κ2) is 16.4. The number of pyridine rings is 1. The molecule has 2 fully saturated rings. The van der Waals surface area contributed by atoms with Crippen LogP contribution in [0.3, 0.4) is 0 Å². The van der Waals surface area contributed by atoms with Crippen molar-refractivity contribution < 1.29 is 38.2 Å². The smallest absolute Gasteiger partial charge is 0.295 e. The van der Waals surface area contributed by atoms with Gasteiger partial charge in [-0.1, -0.05) is 24.3 Å². The molecule has 55 heavy (non-hydrogen) atoms. The molecule has 0 saturated carbocycles. The van der Waals surface area contributed by atoms with Crippen molar-refractivity contribution in [2.75, 3.05) is 58.3 Å². The van der Waals surface area contributed by atoms with Gasteiger partial charge in [0.05, 0.1) is 25.5 Å². The van der Waals surface area contributed by atoms with Crippen molar-refractivity contribution in [3.05, 3.63) is 89.1 Å². The molecule has 0 unspecified atom stereocenters. The lowest BCUT2D eigenvalue weighted by molar-refractivity contribution is -0.142. The molecule has 6 rings (SSSR count). The van der Waals surface area contributed by atoms with E-state index in [0.717, 1.165) is 5.69 Å². The van der Waals surface area contributed by atoms with E-state index in [0.29, 0.717) is 92.4 Å². The molecule has 1 N–H and O–H groups in total. The summed E-state index contributed by atoms with van der Waals surface area (Å²) in [6, 6.07) is 16.1. The van der Waals surface area contributed by atoms with Crippen molar-refractivity contribution >= 4 is 40.7 Å². The minimum absolute atomic E-state index is 0.0991. The fourth-order valence-corrected chi connectivity index (χ4v) is 6.82. The molecule has 290 valence electrons. The van der Waals surface area contributed by atoms with E-state index in [4.69, 9.17) is 14.2 Å². The Morgan fingerprint density at radius 1 is 0.818 bits per heavy atom. The summed E-state index contributed by atoms with van der Waals surface area (Å²) in [7, 11) is 1.51. The molecule has 13 nitrogen and oxygen atoms in total. The minimum Gasteiger partial charge on any atom is -0.485 e. The van der Waals surface area contributed by atoms with Crippen LogP contribution < -0.4 is 14.8 Å². The number of nitrogens with zero attached hydrogens (tertiary/aromatic N) is 4. The molecule has 2 saturated heterocycles. The SMILES string of the molecule is COc1ncc(OC(C)(C)CCOC(C)(C)CCNc2ccc(C(=O)N3CCC3=O)cc2)c2c1CC=C2C(=O)C(=O)N1CCN(C(=O)c2ccccc2)CC1. The van der Waals surface area contributed by atoms with Gasteiger partial charge in [-0.15, -0.1) is 0 Å². The zero-order chi connectivity index (χ0) is 39.3. The Kier molecular flexibility index (Phi) is 11.7. The number of hydrogen-bond donors (Lipinski definition) is 1. The Hall–Kier alpha value is -5.56. The number of anilines is 1. The molecule has 0 atom stereocenters. The molecule has 0 spiro atoms. The van der Waals surface area contributed by atoms with Crippen molar-refractivity contribution in [1.29, 1.82) is 0 Å². The fraction of sp³-hybridized carbons (Fsp3) is 0.429. The molecular weight excluding hydrogens is 702 g/mol. The maximum atomic E-state index is 13.8. The number of Topliss-reactive ketones (excluding diaryl/α,β-unsaturated/α-hetero) is 1. The average Bonchev–Trinajstić information content (AvgIpc) is 3.63. The van der Waals surface area contributed by atoms with Crippen LogP contribution in [-0.4, -0.2) is 113 Å². The lowest BCUT2D eigenvalue weighted by Crippen LogP contribution is -2.52. The largest absolute Gasteiger partial charge is 0.485 e. The van der Waals surface area contributed by atoms with Gasteiger partial charge in [0, 0.05) is 85.6 Å². The van der Waals surface area contributed by atoms with E-state index in [9.17, 15) is 24.0 Å². The van der Waals surface area contributed by atoms with Crippen molar-refractivity contribution in [3.8, 4) is 11.6 Å². The highest BCUT2D eigenvalue weighted by atomic mass is 16.5. The van der Waals surface area contributed by atoms with Gasteiger partial charge < -0.3 is 29.3 Å². The number of amides is 4. The van der Waals surface area contributed by atoms with Gasteiger partial charge in [-0.05, 0) is 76.9 Å². The van der Waals surface area contributed by atoms with E-state index in [-0.39, 0.29) is 36.4 Å². The number of fused-ring (bicyclic) bond motifs is 1. The summed E-state index contributed by atoms with van der Waals surface area (Å²) in [5, 5.41) is 3.37. The number of piperazine rings is 1. The molecule has 1 aromatic heterocycles. The number of nitrogens with one attached hydrogen (secondary N) is 1. The van der Waals surface area contributed by atoms with E-state index in [1.165, 1.54) is 23.1 Å². The van der Waals surface area contributed by atoms with E-state index in [1.807, 2.05) is 58.0 Å². The number of β-lactam (4-membered cyclic amide) rings is 1. The number of hydrogen-bond acceptors (Lipinski definition) is 10. The average molecular weight is 752 g/mol. The van der Waals surface area contributed by atoms with Crippen LogP contribution in [0.2, 0.25) is 0 Å². The number of benzene rings is 2. The molecule has 0 radical (unpaired) electrons. The quantitative estimate of drug-likeness (QED) is 0.131. The zero-order valence-corrected chi connectivity index (χ0v) is 32.2. The summed E-state index contributed by atoms with van der Waals surface area (Å²) in [6.45, 7) is 10.6. The van der Waals surface area contributed by atoms with Gasteiger partial charge in [-0.2, -0.15) is 0 Å². The van der Waals surface area contributed by atoms with Crippen LogP contribution in [0.15, 0.2) is 66.9 Å². The van der Waals surface area contributed by atoms with Crippen molar-refractivity contribution in [2.45, 2.75) is 64.6 Å². The molecule has 13 heteroatoms. The van der Waals surface area contributed by atoms with Gasteiger partial charge in [0.15, 0.2) is 0 Å². The van der Waals surface area contributed by atoms with Gasteiger partial charge in [-0.3, -0.25) is 28.9 Å². The molecule has 3 aromatic rings. The van der Waals surface area contributed by atoms with Crippen LogP contribution in [0.1, 0.15) is 78.8 Å². The lowest BCUT2D eigenvalue weighted by atomic mass is 10.00. The molecule has 2 aliphatic heterocycles. The zero-order valence-electron chi connectivity index (χ0n) is 32.2. The molecule has 0 bridgehead atoms. The standard InChI is InChI=1S/C42H49N5O8/c1-41(2,18-20-43-30-13-11-29(12-14-30)39(51)47-21-17-34(47)48)54-26-19-42(3,4)55-33-27-44-37(53-5)32-16-15-31(35(32)33)36(49)40(52)46-24-22-45(23-25-46)38(50)28-9-7-6-8-10-28/h6-15,27,43H,16-26H2,1-5H3. The summed E-state index contributed by atoms with van der Waals surface area (Å²) < 4.78 is 18.3. The number of ether oxygens (including phenoxy) is 3. The highest BCUT2D eigenvalue weighted by molar-refractivity contribution is 6.54. The van der Waals surface area contributed by atoms with Gasteiger partial charge in [0.2, 0.25) is 11.8 Å². The first-order valence-corrected chi connectivity index (χ1v) is 18.7. The monoisotopic (exact) mass is 751 g/mol. The number of carbonyl (C=O) groups is 5. The Morgan fingerprint density at radius 3 is 2.13 bits per heavy atom.